The highest BCUT2D eigenvalue weighted by molar-refractivity contribution is 8.06. The fourth-order valence-corrected chi connectivity index (χ4v) is 4.15. The van der Waals surface area contributed by atoms with Crippen LogP contribution in [0, 0.1) is 0 Å². The molecule has 0 radical (unpaired) electrons. The minimum atomic E-state index is -0.152. The summed E-state index contributed by atoms with van der Waals surface area (Å²) in [6.45, 7) is 0.700. The minimum absolute atomic E-state index is 0.152. The summed E-state index contributed by atoms with van der Waals surface area (Å²) in [4.78, 5) is 11.8. The highest BCUT2D eigenvalue weighted by Gasteiger charge is 2.16. The summed E-state index contributed by atoms with van der Waals surface area (Å²) >= 11 is 3.87. The van der Waals surface area contributed by atoms with Crippen molar-refractivity contribution in [3.05, 3.63) is 17.8 Å². The van der Waals surface area contributed by atoms with E-state index >= 15 is 0 Å². The third kappa shape index (κ3) is 3.78. The Labute approximate surface area is 115 Å². The molecule has 2 N–H and O–H groups in total. The van der Waals surface area contributed by atoms with Crippen molar-refractivity contribution in [1.82, 2.24) is 15.5 Å². The number of nitrogens with zero attached hydrogens (tertiary/aromatic N) is 2. The fourth-order valence-electron chi connectivity index (χ4n) is 1.54. The van der Waals surface area contributed by atoms with Crippen molar-refractivity contribution in [3.8, 4) is 0 Å². The molecule has 18 heavy (non-hydrogen) atoms. The lowest BCUT2D eigenvalue weighted by Crippen LogP contribution is -2.33. The maximum absolute atomic E-state index is 11.8. The molecule has 1 atom stereocenters. The number of rotatable bonds is 4. The quantitative estimate of drug-likeness (QED) is 0.863. The van der Waals surface area contributed by atoms with E-state index in [0.717, 1.165) is 5.75 Å². The van der Waals surface area contributed by atoms with Gasteiger partial charge in [-0.1, -0.05) is 0 Å². The third-order valence-corrected chi connectivity index (χ3v) is 5.37. The van der Waals surface area contributed by atoms with Gasteiger partial charge in [0.2, 0.25) is 0 Å². The van der Waals surface area contributed by atoms with Gasteiger partial charge in [0.05, 0.1) is 0 Å². The summed E-state index contributed by atoms with van der Waals surface area (Å²) in [7, 11) is 1.77. The van der Waals surface area contributed by atoms with E-state index < -0.39 is 0 Å². The molecule has 1 aromatic heterocycles. The van der Waals surface area contributed by atoms with Crippen LogP contribution in [0.5, 0.6) is 0 Å². The normalized spacial score (nSPS) is 19.3. The van der Waals surface area contributed by atoms with Crippen LogP contribution in [0.25, 0.3) is 0 Å². The van der Waals surface area contributed by atoms with Gasteiger partial charge < -0.3 is 10.6 Å². The van der Waals surface area contributed by atoms with Crippen LogP contribution in [-0.2, 0) is 0 Å². The van der Waals surface area contributed by atoms with Crippen LogP contribution >= 0.6 is 23.5 Å². The van der Waals surface area contributed by atoms with Gasteiger partial charge in [-0.3, -0.25) is 4.79 Å². The lowest BCUT2D eigenvalue weighted by molar-refractivity contribution is 0.0948. The first kappa shape index (κ1) is 13.5. The number of carbonyl (C=O) groups is 1. The van der Waals surface area contributed by atoms with Gasteiger partial charge in [-0.2, -0.15) is 23.5 Å². The van der Waals surface area contributed by atoms with E-state index in [9.17, 15) is 4.79 Å². The van der Waals surface area contributed by atoms with Gasteiger partial charge in [-0.05, 0) is 12.1 Å². The molecule has 2 rings (SSSR count). The SMILES string of the molecule is CNc1ccc(C(=O)NCC2CSCCS2)nn1. The van der Waals surface area contributed by atoms with Crippen LogP contribution in [0.2, 0.25) is 0 Å². The molecule has 1 saturated heterocycles. The number of anilines is 1. The van der Waals surface area contributed by atoms with Crippen LogP contribution in [0.3, 0.4) is 0 Å². The molecule has 1 aromatic rings. The van der Waals surface area contributed by atoms with Crippen molar-refractivity contribution in [2.75, 3.05) is 36.2 Å². The fraction of sp³-hybridized carbons (Fsp3) is 0.545. The summed E-state index contributed by atoms with van der Waals surface area (Å²) < 4.78 is 0. The summed E-state index contributed by atoms with van der Waals surface area (Å²) in [6, 6.07) is 3.42. The Morgan fingerprint density at radius 2 is 2.33 bits per heavy atom. The van der Waals surface area contributed by atoms with Gasteiger partial charge in [-0.25, -0.2) is 0 Å². The van der Waals surface area contributed by atoms with Gasteiger partial charge in [0.25, 0.3) is 5.91 Å². The van der Waals surface area contributed by atoms with Crippen molar-refractivity contribution in [3.63, 3.8) is 0 Å². The molecule has 1 unspecified atom stereocenters. The molecule has 0 aliphatic carbocycles. The molecule has 1 amide bonds. The van der Waals surface area contributed by atoms with E-state index in [1.54, 1.807) is 19.2 Å². The van der Waals surface area contributed by atoms with Gasteiger partial charge in [-0.15, -0.1) is 10.2 Å². The Bertz CT molecular complexity index is 393. The number of nitrogens with one attached hydrogen (secondary N) is 2. The van der Waals surface area contributed by atoms with Crippen molar-refractivity contribution in [1.29, 1.82) is 0 Å². The van der Waals surface area contributed by atoms with Crippen LogP contribution in [0.15, 0.2) is 12.1 Å². The molecular weight excluding hydrogens is 268 g/mol. The van der Waals surface area contributed by atoms with E-state index in [0.29, 0.717) is 23.3 Å². The topological polar surface area (TPSA) is 66.9 Å². The minimum Gasteiger partial charge on any atom is -0.372 e. The van der Waals surface area contributed by atoms with Crippen LogP contribution in [-0.4, -0.2) is 52.2 Å². The lowest BCUT2D eigenvalue weighted by atomic mass is 10.3. The van der Waals surface area contributed by atoms with Gasteiger partial charge in [0.1, 0.15) is 5.82 Å². The molecule has 0 bridgehead atoms. The Morgan fingerprint density at radius 3 is 2.94 bits per heavy atom. The second-order valence-corrected chi connectivity index (χ2v) is 6.39. The Balaban J connectivity index is 1.82. The molecule has 0 aromatic carbocycles. The predicted octanol–water partition coefficient (Wildman–Crippen LogP) is 1.10. The van der Waals surface area contributed by atoms with E-state index in [1.165, 1.54) is 11.5 Å². The molecule has 1 fully saturated rings. The molecule has 7 heteroatoms. The molecule has 98 valence electrons. The monoisotopic (exact) mass is 284 g/mol. The first-order chi connectivity index (χ1) is 8.79. The number of hydrogen-bond acceptors (Lipinski definition) is 6. The number of hydrogen-bond donors (Lipinski definition) is 2. The second-order valence-electron chi connectivity index (χ2n) is 3.83. The molecule has 2 heterocycles. The van der Waals surface area contributed by atoms with Crippen LogP contribution in [0.4, 0.5) is 5.82 Å². The highest BCUT2D eigenvalue weighted by Crippen LogP contribution is 2.23. The number of carbonyl (C=O) groups excluding carboxylic acids is 1. The van der Waals surface area contributed by atoms with Crippen LogP contribution in [0.1, 0.15) is 10.5 Å². The zero-order chi connectivity index (χ0) is 12.8. The first-order valence-electron chi connectivity index (χ1n) is 5.78. The molecule has 1 aliphatic rings. The largest absolute Gasteiger partial charge is 0.372 e. The van der Waals surface area contributed by atoms with E-state index in [2.05, 4.69) is 20.8 Å². The Hall–Kier alpha value is -0.950. The molecule has 5 nitrogen and oxygen atoms in total. The van der Waals surface area contributed by atoms with Gasteiger partial charge in [0, 0.05) is 36.1 Å². The van der Waals surface area contributed by atoms with E-state index in [1.807, 2.05) is 23.5 Å². The average Bonchev–Trinajstić information content (AvgIpc) is 2.46. The van der Waals surface area contributed by atoms with Crippen molar-refractivity contribution in [2.45, 2.75) is 5.25 Å². The summed E-state index contributed by atoms with van der Waals surface area (Å²) in [6.07, 6.45) is 0. The molecular formula is C11H16N4OS2. The van der Waals surface area contributed by atoms with Crippen LogP contribution < -0.4 is 10.6 Å². The Morgan fingerprint density at radius 1 is 1.44 bits per heavy atom. The average molecular weight is 284 g/mol. The molecule has 0 spiro atoms. The van der Waals surface area contributed by atoms with E-state index in [4.69, 9.17) is 0 Å². The maximum atomic E-state index is 11.8. The maximum Gasteiger partial charge on any atom is 0.271 e. The summed E-state index contributed by atoms with van der Waals surface area (Å²) in [5.74, 6) is 4.00. The van der Waals surface area contributed by atoms with Gasteiger partial charge in [0.15, 0.2) is 5.69 Å². The number of thioether (sulfide) groups is 2. The third-order valence-electron chi connectivity index (χ3n) is 2.53. The lowest BCUT2D eigenvalue weighted by Gasteiger charge is -2.20. The predicted molar refractivity (Wildman–Crippen MR) is 77.5 cm³/mol. The molecule has 0 saturated carbocycles. The summed E-state index contributed by atoms with van der Waals surface area (Å²) in [5.41, 5.74) is 0.363. The van der Waals surface area contributed by atoms with Crippen molar-refractivity contribution < 1.29 is 4.79 Å². The zero-order valence-electron chi connectivity index (χ0n) is 10.2. The van der Waals surface area contributed by atoms with E-state index in [-0.39, 0.29) is 5.91 Å². The smallest absolute Gasteiger partial charge is 0.271 e. The number of aromatic nitrogens is 2. The molecule has 1 aliphatic heterocycles. The van der Waals surface area contributed by atoms with Crippen molar-refractivity contribution in [2.24, 2.45) is 0 Å². The van der Waals surface area contributed by atoms with Crippen molar-refractivity contribution >= 4 is 35.2 Å². The number of amides is 1. The zero-order valence-corrected chi connectivity index (χ0v) is 11.8. The first-order valence-corrected chi connectivity index (χ1v) is 7.99. The Kier molecular flexibility index (Phi) is 5.12. The summed E-state index contributed by atoms with van der Waals surface area (Å²) in [5, 5.41) is 14.0. The van der Waals surface area contributed by atoms with Gasteiger partial charge >= 0.3 is 0 Å². The second kappa shape index (κ2) is 6.84. The standard InChI is InChI=1S/C11H16N4OS2/c1-12-10-3-2-9(14-15-10)11(16)13-6-8-7-17-4-5-18-8/h2-3,8H,4-7H2,1H3,(H,12,15)(H,13,16). The highest BCUT2D eigenvalue weighted by atomic mass is 32.2.